The quantitative estimate of drug-likeness (QED) is 0.862. The van der Waals surface area contributed by atoms with Gasteiger partial charge in [0.05, 0.1) is 6.26 Å². The molecular formula is C13H14BrF2NO. The van der Waals surface area contributed by atoms with E-state index in [0.29, 0.717) is 22.3 Å². The first-order valence-electron chi connectivity index (χ1n) is 5.77. The van der Waals surface area contributed by atoms with E-state index in [4.69, 9.17) is 4.42 Å². The molecule has 1 aromatic carbocycles. The molecule has 98 valence electrons. The molecule has 1 N–H and O–H groups in total. The molecule has 0 atom stereocenters. The van der Waals surface area contributed by atoms with Gasteiger partial charge in [0, 0.05) is 21.5 Å². The average molecular weight is 318 g/mol. The smallest absolute Gasteiger partial charge is 0.201 e. The van der Waals surface area contributed by atoms with E-state index in [2.05, 4.69) is 35.1 Å². The van der Waals surface area contributed by atoms with Crippen molar-refractivity contribution in [3.8, 4) is 0 Å². The Morgan fingerprint density at radius 1 is 1.39 bits per heavy atom. The summed E-state index contributed by atoms with van der Waals surface area (Å²) in [6.45, 7) is 4.87. The van der Waals surface area contributed by atoms with Crippen molar-refractivity contribution in [2.75, 3.05) is 6.54 Å². The third-order valence-electron chi connectivity index (χ3n) is 2.72. The molecule has 0 aliphatic rings. The van der Waals surface area contributed by atoms with Gasteiger partial charge in [0.15, 0.2) is 11.4 Å². The molecule has 0 fully saturated rings. The Kier molecular flexibility index (Phi) is 4.02. The molecule has 0 spiro atoms. The third-order valence-corrected chi connectivity index (χ3v) is 3.34. The van der Waals surface area contributed by atoms with E-state index in [-0.39, 0.29) is 5.58 Å². The Bertz CT molecular complexity index is 566. The summed E-state index contributed by atoms with van der Waals surface area (Å²) in [5.74, 6) is -1.84. The number of halogens is 3. The van der Waals surface area contributed by atoms with Crippen LogP contribution < -0.4 is 5.32 Å². The van der Waals surface area contributed by atoms with Gasteiger partial charge in [0.2, 0.25) is 5.82 Å². The zero-order valence-corrected chi connectivity index (χ0v) is 11.8. The van der Waals surface area contributed by atoms with Crippen LogP contribution in [0.15, 0.2) is 21.2 Å². The van der Waals surface area contributed by atoms with Crippen molar-refractivity contribution in [3.63, 3.8) is 0 Å². The highest BCUT2D eigenvalue weighted by molar-refractivity contribution is 9.10. The van der Waals surface area contributed by atoms with E-state index in [1.54, 1.807) is 0 Å². The minimum Gasteiger partial charge on any atom is -0.461 e. The molecule has 0 radical (unpaired) electrons. The van der Waals surface area contributed by atoms with E-state index in [0.717, 1.165) is 18.2 Å². The standard InChI is InChI=1S/C13H14BrF2NO/c1-7(2)17-4-3-8-6-18-13-11(8)9(14)5-10(15)12(13)16/h5-7,17H,3-4H2,1-2H3. The lowest BCUT2D eigenvalue weighted by Gasteiger charge is -2.07. The SMILES string of the molecule is CC(C)NCCc1coc2c(F)c(F)cc(Br)c12. The molecule has 2 nitrogen and oxygen atoms in total. The van der Waals surface area contributed by atoms with Crippen molar-refractivity contribution in [2.24, 2.45) is 0 Å². The van der Waals surface area contributed by atoms with Crippen LogP contribution in [-0.4, -0.2) is 12.6 Å². The van der Waals surface area contributed by atoms with Crippen molar-refractivity contribution in [1.82, 2.24) is 5.32 Å². The van der Waals surface area contributed by atoms with Gasteiger partial charge in [0.25, 0.3) is 0 Å². The highest BCUT2D eigenvalue weighted by Crippen LogP contribution is 2.32. The zero-order chi connectivity index (χ0) is 13.3. The molecule has 0 amide bonds. The molecule has 0 bridgehead atoms. The number of benzene rings is 1. The van der Waals surface area contributed by atoms with Gasteiger partial charge in [-0.3, -0.25) is 0 Å². The molecular weight excluding hydrogens is 304 g/mol. The summed E-state index contributed by atoms with van der Waals surface area (Å²) in [5.41, 5.74) is 0.838. The number of furan rings is 1. The predicted octanol–water partition coefficient (Wildman–Crippen LogP) is 4.01. The monoisotopic (exact) mass is 317 g/mol. The van der Waals surface area contributed by atoms with E-state index in [1.165, 1.54) is 6.26 Å². The van der Waals surface area contributed by atoms with Crippen LogP contribution in [-0.2, 0) is 6.42 Å². The zero-order valence-electron chi connectivity index (χ0n) is 10.2. The number of fused-ring (bicyclic) bond motifs is 1. The van der Waals surface area contributed by atoms with Crippen LogP contribution in [0, 0.1) is 11.6 Å². The van der Waals surface area contributed by atoms with Gasteiger partial charge in [-0.15, -0.1) is 0 Å². The summed E-state index contributed by atoms with van der Waals surface area (Å²) in [6.07, 6.45) is 2.19. The lowest BCUT2D eigenvalue weighted by molar-refractivity contribution is 0.490. The Morgan fingerprint density at radius 2 is 2.11 bits per heavy atom. The lowest BCUT2D eigenvalue weighted by atomic mass is 10.1. The van der Waals surface area contributed by atoms with E-state index < -0.39 is 11.6 Å². The van der Waals surface area contributed by atoms with E-state index in [1.807, 2.05) is 0 Å². The van der Waals surface area contributed by atoms with Crippen LogP contribution in [0.1, 0.15) is 19.4 Å². The highest BCUT2D eigenvalue weighted by atomic mass is 79.9. The predicted molar refractivity (Wildman–Crippen MR) is 70.7 cm³/mol. The molecule has 2 rings (SSSR count). The largest absolute Gasteiger partial charge is 0.461 e. The summed E-state index contributed by atoms with van der Waals surface area (Å²) in [4.78, 5) is 0. The number of hydrogen-bond donors (Lipinski definition) is 1. The second kappa shape index (κ2) is 5.36. The second-order valence-corrected chi connectivity index (χ2v) is 5.33. The number of hydrogen-bond acceptors (Lipinski definition) is 2. The molecule has 1 aromatic heterocycles. The van der Waals surface area contributed by atoms with Crippen molar-refractivity contribution < 1.29 is 13.2 Å². The first-order chi connectivity index (χ1) is 8.50. The molecule has 1 heterocycles. The van der Waals surface area contributed by atoms with Crippen molar-refractivity contribution >= 4 is 26.9 Å². The Morgan fingerprint density at radius 3 is 2.78 bits per heavy atom. The van der Waals surface area contributed by atoms with Gasteiger partial charge >= 0.3 is 0 Å². The maximum Gasteiger partial charge on any atom is 0.201 e. The molecule has 0 aliphatic heterocycles. The Hall–Kier alpha value is -0.940. The maximum atomic E-state index is 13.5. The summed E-state index contributed by atoms with van der Waals surface area (Å²) in [6, 6.07) is 1.52. The first kappa shape index (κ1) is 13.5. The van der Waals surface area contributed by atoms with Gasteiger partial charge < -0.3 is 9.73 Å². The van der Waals surface area contributed by atoms with Crippen LogP contribution in [0.2, 0.25) is 0 Å². The molecule has 0 saturated heterocycles. The van der Waals surface area contributed by atoms with Gasteiger partial charge in [-0.2, -0.15) is 4.39 Å². The van der Waals surface area contributed by atoms with Crippen LogP contribution in [0.5, 0.6) is 0 Å². The maximum absolute atomic E-state index is 13.5. The van der Waals surface area contributed by atoms with Crippen LogP contribution in [0.25, 0.3) is 11.0 Å². The normalized spacial score (nSPS) is 11.7. The molecule has 5 heteroatoms. The molecule has 0 unspecified atom stereocenters. The van der Waals surface area contributed by atoms with Crippen LogP contribution in [0.3, 0.4) is 0 Å². The van der Waals surface area contributed by atoms with Crippen LogP contribution in [0.4, 0.5) is 8.78 Å². The van der Waals surface area contributed by atoms with E-state index >= 15 is 0 Å². The van der Waals surface area contributed by atoms with Gasteiger partial charge in [0.1, 0.15) is 0 Å². The molecule has 0 saturated carbocycles. The van der Waals surface area contributed by atoms with Gasteiger partial charge in [-0.05, 0) is 35.0 Å². The third kappa shape index (κ3) is 2.57. The Balaban J connectivity index is 2.33. The van der Waals surface area contributed by atoms with Crippen molar-refractivity contribution in [3.05, 3.63) is 34.0 Å². The van der Waals surface area contributed by atoms with Crippen molar-refractivity contribution in [2.45, 2.75) is 26.3 Å². The highest BCUT2D eigenvalue weighted by Gasteiger charge is 2.17. The number of nitrogens with one attached hydrogen (secondary N) is 1. The van der Waals surface area contributed by atoms with Gasteiger partial charge in [-0.1, -0.05) is 13.8 Å². The topological polar surface area (TPSA) is 25.2 Å². The fraction of sp³-hybridized carbons (Fsp3) is 0.385. The summed E-state index contributed by atoms with van der Waals surface area (Å²) in [7, 11) is 0. The second-order valence-electron chi connectivity index (χ2n) is 4.48. The van der Waals surface area contributed by atoms with Gasteiger partial charge in [-0.25, -0.2) is 4.39 Å². The number of rotatable bonds is 4. The average Bonchev–Trinajstić information content (AvgIpc) is 2.70. The fourth-order valence-electron chi connectivity index (χ4n) is 1.85. The Labute approximate surface area is 112 Å². The summed E-state index contributed by atoms with van der Waals surface area (Å²) >= 11 is 3.25. The first-order valence-corrected chi connectivity index (χ1v) is 6.57. The summed E-state index contributed by atoms with van der Waals surface area (Å²) in [5, 5.41) is 3.88. The fourth-order valence-corrected chi connectivity index (χ4v) is 2.49. The lowest BCUT2D eigenvalue weighted by Crippen LogP contribution is -2.24. The molecule has 0 aliphatic carbocycles. The minimum atomic E-state index is -0.934. The van der Waals surface area contributed by atoms with Crippen LogP contribution >= 0.6 is 15.9 Å². The molecule has 18 heavy (non-hydrogen) atoms. The molecule has 2 aromatic rings. The van der Waals surface area contributed by atoms with Crippen molar-refractivity contribution in [1.29, 1.82) is 0 Å². The minimum absolute atomic E-state index is 0.0265. The van der Waals surface area contributed by atoms with E-state index in [9.17, 15) is 8.78 Å². The summed E-state index contributed by atoms with van der Waals surface area (Å²) < 4.78 is 32.4.